The van der Waals surface area contributed by atoms with Crippen LogP contribution in [0.15, 0.2) is 21.8 Å². The highest BCUT2D eigenvalue weighted by Gasteiger charge is 2.21. The first-order chi connectivity index (χ1) is 10.6. The number of guanidine groups is 1. The smallest absolute Gasteiger partial charge is 0.191 e. The lowest BCUT2D eigenvalue weighted by atomic mass is 10.0. The van der Waals surface area contributed by atoms with Gasteiger partial charge in [0.25, 0.3) is 0 Å². The molecule has 1 atom stereocenters. The van der Waals surface area contributed by atoms with Gasteiger partial charge in [0.05, 0.1) is 0 Å². The van der Waals surface area contributed by atoms with Gasteiger partial charge in [0, 0.05) is 38.8 Å². The number of halogens is 1. The van der Waals surface area contributed by atoms with E-state index in [0.29, 0.717) is 18.0 Å². The third kappa shape index (κ3) is 6.58. The molecule has 1 aliphatic rings. The fraction of sp³-hybridized carbons (Fsp3) is 0.706. The number of hydrogen-bond acceptors (Lipinski definition) is 3. The van der Waals surface area contributed by atoms with Crippen molar-refractivity contribution >= 4 is 41.3 Å². The molecule has 1 aliphatic heterocycles. The van der Waals surface area contributed by atoms with E-state index < -0.39 is 0 Å². The second-order valence-electron chi connectivity index (χ2n) is 6.46. The van der Waals surface area contributed by atoms with Crippen molar-refractivity contribution in [3.63, 3.8) is 0 Å². The van der Waals surface area contributed by atoms with Crippen LogP contribution < -0.4 is 10.6 Å². The molecule has 2 N–H and O–H groups in total. The Kier molecular flexibility index (Phi) is 9.46. The van der Waals surface area contributed by atoms with Crippen LogP contribution in [0.3, 0.4) is 0 Å². The second-order valence-corrected chi connectivity index (χ2v) is 7.24. The van der Waals surface area contributed by atoms with Crippen molar-refractivity contribution in [3.8, 4) is 0 Å². The van der Waals surface area contributed by atoms with Gasteiger partial charge < -0.3 is 15.5 Å². The minimum absolute atomic E-state index is 0. The maximum absolute atomic E-state index is 4.37. The molecule has 1 aromatic rings. The van der Waals surface area contributed by atoms with E-state index in [2.05, 4.69) is 58.1 Å². The van der Waals surface area contributed by atoms with Gasteiger partial charge in [-0.2, -0.15) is 11.3 Å². The van der Waals surface area contributed by atoms with Gasteiger partial charge >= 0.3 is 0 Å². The lowest BCUT2D eigenvalue weighted by Crippen LogP contribution is -2.50. The predicted molar refractivity (Wildman–Crippen MR) is 112 cm³/mol. The molecule has 0 bridgehead atoms. The molecule has 0 radical (unpaired) electrons. The number of likely N-dealkylation sites (tertiary alicyclic amines) is 1. The van der Waals surface area contributed by atoms with Gasteiger partial charge in [-0.3, -0.25) is 4.99 Å². The Balaban J connectivity index is 0.00000264. The fourth-order valence-corrected chi connectivity index (χ4v) is 3.65. The molecule has 2 heterocycles. The Morgan fingerprint density at radius 3 is 2.57 bits per heavy atom. The quantitative estimate of drug-likeness (QED) is 0.410. The molecule has 4 nitrogen and oxygen atoms in total. The largest absolute Gasteiger partial charge is 0.356 e. The molecule has 23 heavy (non-hydrogen) atoms. The summed E-state index contributed by atoms with van der Waals surface area (Å²) >= 11 is 1.76. The van der Waals surface area contributed by atoms with Crippen molar-refractivity contribution in [2.24, 2.45) is 4.99 Å². The third-order valence-corrected chi connectivity index (χ3v) is 5.21. The standard InChI is InChI=1S/C17H30N4S.HI/c1-13(2)21-8-5-16(6-9-21)20-17(18-4)19-11-14(3)15-7-10-22-12-15;/h7,10,12-14,16H,5-6,8-9,11H2,1-4H3,(H2,18,19,20);1H. The summed E-state index contributed by atoms with van der Waals surface area (Å²) in [4.78, 5) is 6.92. The SMILES string of the molecule is CN=C(NCC(C)c1ccsc1)NC1CCN(C(C)C)CC1.I. The number of nitrogens with zero attached hydrogens (tertiary/aromatic N) is 2. The average Bonchev–Trinajstić information content (AvgIpc) is 3.06. The molecular formula is C17H31IN4S. The highest BCUT2D eigenvalue weighted by Crippen LogP contribution is 2.17. The summed E-state index contributed by atoms with van der Waals surface area (Å²) in [6.07, 6.45) is 2.39. The molecular weight excluding hydrogens is 419 g/mol. The van der Waals surface area contributed by atoms with E-state index in [9.17, 15) is 0 Å². The Morgan fingerprint density at radius 2 is 2.04 bits per heavy atom. The zero-order chi connectivity index (χ0) is 15.9. The van der Waals surface area contributed by atoms with Crippen LogP contribution in [0.1, 0.15) is 45.1 Å². The maximum atomic E-state index is 4.37. The highest BCUT2D eigenvalue weighted by atomic mass is 127. The van der Waals surface area contributed by atoms with Crippen molar-refractivity contribution in [1.29, 1.82) is 0 Å². The van der Waals surface area contributed by atoms with Crippen LogP contribution in [-0.4, -0.2) is 49.6 Å². The molecule has 132 valence electrons. The van der Waals surface area contributed by atoms with Crippen LogP contribution in [0.2, 0.25) is 0 Å². The van der Waals surface area contributed by atoms with E-state index in [0.717, 1.165) is 12.5 Å². The van der Waals surface area contributed by atoms with Gasteiger partial charge in [-0.1, -0.05) is 6.92 Å². The van der Waals surface area contributed by atoms with Gasteiger partial charge in [-0.25, -0.2) is 0 Å². The number of thiophene rings is 1. The van der Waals surface area contributed by atoms with Crippen molar-refractivity contribution in [2.75, 3.05) is 26.7 Å². The minimum Gasteiger partial charge on any atom is -0.356 e. The molecule has 0 amide bonds. The Morgan fingerprint density at radius 1 is 1.35 bits per heavy atom. The molecule has 0 spiro atoms. The number of hydrogen-bond donors (Lipinski definition) is 2. The second kappa shape index (κ2) is 10.5. The highest BCUT2D eigenvalue weighted by molar-refractivity contribution is 14.0. The van der Waals surface area contributed by atoms with E-state index in [1.807, 2.05) is 7.05 Å². The van der Waals surface area contributed by atoms with Crippen molar-refractivity contribution in [1.82, 2.24) is 15.5 Å². The van der Waals surface area contributed by atoms with Gasteiger partial charge in [-0.15, -0.1) is 24.0 Å². The van der Waals surface area contributed by atoms with Gasteiger partial charge in [0.2, 0.25) is 0 Å². The van der Waals surface area contributed by atoms with Crippen LogP contribution >= 0.6 is 35.3 Å². The van der Waals surface area contributed by atoms with E-state index in [1.165, 1.54) is 31.5 Å². The zero-order valence-electron chi connectivity index (χ0n) is 14.7. The lowest BCUT2D eigenvalue weighted by Gasteiger charge is -2.35. The molecule has 1 aromatic heterocycles. The van der Waals surface area contributed by atoms with Crippen LogP contribution in [0.4, 0.5) is 0 Å². The summed E-state index contributed by atoms with van der Waals surface area (Å²) < 4.78 is 0. The third-order valence-electron chi connectivity index (χ3n) is 4.51. The van der Waals surface area contributed by atoms with Crippen molar-refractivity contribution < 1.29 is 0 Å². The topological polar surface area (TPSA) is 39.7 Å². The number of piperidine rings is 1. The van der Waals surface area contributed by atoms with Gasteiger partial charge in [0.1, 0.15) is 0 Å². The van der Waals surface area contributed by atoms with Crippen molar-refractivity contribution in [3.05, 3.63) is 22.4 Å². The molecule has 2 rings (SSSR count). The molecule has 0 aromatic carbocycles. The summed E-state index contributed by atoms with van der Waals surface area (Å²) in [7, 11) is 1.85. The lowest BCUT2D eigenvalue weighted by molar-refractivity contribution is 0.167. The molecule has 1 saturated heterocycles. The van der Waals surface area contributed by atoms with E-state index in [-0.39, 0.29) is 24.0 Å². The molecule has 1 fully saturated rings. The molecule has 0 aliphatic carbocycles. The summed E-state index contributed by atoms with van der Waals surface area (Å²) in [5, 5.41) is 11.4. The minimum atomic E-state index is 0. The summed E-state index contributed by atoms with van der Waals surface area (Å²) in [6.45, 7) is 10.1. The normalized spacial score (nSPS) is 18.6. The van der Waals surface area contributed by atoms with Crippen LogP contribution in [0, 0.1) is 0 Å². The Hall–Kier alpha value is -0.340. The van der Waals surface area contributed by atoms with E-state index in [1.54, 1.807) is 11.3 Å². The first-order valence-electron chi connectivity index (χ1n) is 8.33. The first-order valence-corrected chi connectivity index (χ1v) is 9.27. The Bertz CT molecular complexity index is 453. The monoisotopic (exact) mass is 450 g/mol. The maximum Gasteiger partial charge on any atom is 0.191 e. The van der Waals surface area contributed by atoms with Gasteiger partial charge in [0.15, 0.2) is 5.96 Å². The number of nitrogens with one attached hydrogen (secondary N) is 2. The van der Waals surface area contributed by atoms with Gasteiger partial charge in [-0.05, 0) is 55.0 Å². The summed E-state index contributed by atoms with van der Waals surface area (Å²) in [5.74, 6) is 1.44. The number of rotatable bonds is 5. The summed E-state index contributed by atoms with van der Waals surface area (Å²) in [5.41, 5.74) is 1.40. The Labute approximate surface area is 162 Å². The average molecular weight is 450 g/mol. The van der Waals surface area contributed by atoms with Crippen LogP contribution in [-0.2, 0) is 0 Å². The van der Waals surface area contributed by atoms with E-state index >= 15 is 0 Å². The van der Waals surface area contributed by atoms with Crippen LogP contribution in [0.25, 0.3) is 0 Å². The first kappa shape index (κ1) is 20.7. The summed E-state index contributed by atoms with van der Waals surface area (Å²) in [6, 6.07) is 3.40. The molecule has 0 saturated carbocycles. The predicted octanol–water partition coefficient (Wildman–Crippen LogP) is 3.51. The number of aliphatic imine (C=N–C) groups is 1. The van der Waals surface area contributed by atoms with Crippen LogP contribution in [0.5, 0.6) is 0 Å². The molecule has 1 unspecified atom stereocenters. The van der Waals surface area contributed by atoms with E-state index in [4.69, 9.17) is 0 Å². The fourth-order valence-electron chi connectivity index (χ4n) is 2.87. The zero-order valence-corrected chi connectivity index (χ0v) is 17.9. The molecule has 6 heteroatoms. The van der Waals surface area contributed by atoms with Crippen molar-refractivity contribution in [2.45, 2.75) is 51.6 Å².